The molecule has 1 N–H and O–H groups in total. The number of ether oxygens (including phenoxy) is 2. The Hall–Kier alpha value is -2.03. The average molecular weight is 385 g/mol. The van der Waals surface area contributed by atoms with Crippen molar-refractivity contribution in [3.8, 4) is 23.3 Å². The van der Waals surface area contributed by atoms with E-state index in [1.807, 2.05) is 43.4 Å². The van der Waals surface area contributed by atoms with Gasteiger partial charge in [0.05, 0.1) is 13.2 Å². The van der Waals surface area contributed by atoms with Gasteiger partial charge in [-0.05, 0) is 43.4 Å². The van der Waals surface area contributed by atoms with Crippen molar-refractivity contribution >= 4 is 11.6 Å². The Kier molecular flexibility index (Phi) is 7.55. The first kappa shape index (κ1) is 19.7. The molecule has 0 amide bonds. The van der Waals surface area contributed by atoms with Crippen LogP contribution in [-0.4, -0.2) is 44.8 Å². The molecule has 1 aliphatic rings. The molecular formula is C22H25ClN2O2. The quantitative estimate of drug-likeness (QED) is 0.765. The fourth-order valence-electron chi connectivity index (χ4n) is 2.95. The molecule has 3 rings (SSSR count). The maximum absolute atomic E-state index is 6.04. The molecule has 1 fully saturated rings. The smallest absolute Gasteiger partial charge is 0.132 e. The van der Waals surface area contributed by atoms with E-state index in [0.29, 0.717) is 11.6 Å². The number of hydrogen-bond donors (Lipinski definition) is 1. The zero-order chi connectivity index (χ0) is 18.9. The van der Waals surface area contributed by atoms with E-state index >= 15 is 0 Å². The minimum atomic E-state index is 0.658. The lowest BCUT2D eigenvalue weighted by atomic mass is 10.1. The molecule has 1 aliphatic heterocycles. The highest BCUT2D eigenvalue weighted by molar-refractivity contribution is 6.30. The summed E-state index contributed by atoms with van der Waals surface area (Å²) in [4.78, 5) is 2.40. The van der Waals surface area contributed by atoms with Crippen molar-refractivity contribution in [2.75, 3.05) is 39.9 Å². The first-order chi connectivity index (χ1) is 13.2. The Morgan fingerprint density at radius 3 is 2.81 bits per heavy atom. The number of nitrogens with zero attached hydrogens (tertiary/aromatic N) is 1. The third-order valence-electron chi connectivity index (χ3n) is 4.34. The molecule has 0 spiro atoms. The number of nitrogens with one attached hydrogen (secondary N) is 1. The predicted molar refractivity (Wildman–Crippen MR) is 109 cm³/mol. The number of benzene rings is 2. The summed E-state index contributed by atoms with van der Waals surface area (Å²) >= 11 is 6.04. The molecule has 2 aromatic rings. The normalized spacial score (nSPS) is 14.4. The van der Waals surface area contributed by atoms with Gasteiger partial charge in [0.25, 0.3) is 0 Å². The lowest BCUT2D eigenvalue weighted by Crippen LogP contribution is -2.36. The monoisotopic (exact) mass is 384 g/mol. The summed E-state index contributed by atoms with van der Waals surface area (Å²) in [7, 11) is 1.92. The number of morpholine rings is 1. The largest absolute Gasteiger partial charge is 0.457 e. The van der Waals surface area contributed by atoms with Gasteiger partial charge in [0.2, 0.25) is 0 Å². The van der Waals surface area contributed by atoms with Crippen LogP contribution in [0.15, 0.2) is 42.5 Å². The maximum Gasteiger partial charge on any atom is 0.132 e. The number of rotatable bonds is 6. The van der Waals surface area contributed by atoms with Gasteiger partial charge in [0, 0.05) is 48.7 Å². The maximum atomic E-state index is 6.04. The van der Waals surface area contributed by atoms with Gasteiger partial charge < -0.3 is 14.8 Å². The lowest BCUT2D eigenvalue weighted by Gasteiger charge is -2.25. The molecule has 0 aliphatic carbocycles. The van der Waals surface area contributed by atoms with E-state index in [1.54, 1.807) is 0 Å². The van der Waals surface area contributed by atoms with E-state index in [1.165, 1.54) is 0 Å². The summed E-state index contributed by atoms with van der Waals surface area (Å²) in [6.45, 7) is 5.37. The van der Waals surface area contributed by atoms with Crippen molar-refractivity contribution in [2.24, 2.45) is 0 Å². The predicted octanol–water partition coefficient (Wildman–Crippen LogP) is 3.93. The summed E-state index contributed by atoms with van der Waals surface area (Å²) in [5.74, 6) is 8.09. The van der Waals surface area contributed by atoms with Crippen LogP contribution in [0.3, 0.4) is 0 Å². The van der Waals surface area contributed by atoms with Crippen LogP contribution in [0.1, 0.15) is 17.5 Å². The van der Waals surface area contributed by atoms with Gasteiger partial charge >= 0.3 is 0 Å². The van der Waals surface area contributed by atoms with Crippen molar-refractivity contribution in [1.82, 2.24) is 10.2 Å². The van der Waals surface area contributed by atoms with Gasteiger partial charge in [0.1, 0.15) is 11.5 Å². The van der Waals surface area contributed by atoms with E-state index in [2.05, 4.69) is 28.1 Å². The van der Waals surface area contributed by atoms with E-state index in [-0.39, 0.29) is 0 Å². The molecule has 1 heterocycles. The molecule has 5 heteroatoms. The van der Waals surface area contributed by atoms with Gasteiger partial charge in [-0.3, -0.25) is 4.90 Å². The van der Waals surface area contributed by atoms with Crippen molar-refractivity contribution in [2.45, 2.75) is 13.0 Å². The number of halogens is 1. The van der Waals surface area contributed by atoms with Gasteiger partial charge in [-0.1, -0.05) is 29.5 Å². The molecule has 0 atom stereocenters. The van der Waals surface area contributed by atoms with E-state index in [4.69, 9.17) is 21.1 Å². The third kappa shape index (κ3) is 6.27. The second kappa shape index (κ2) is 10.3. The Balaban J connectivity index is 1.65. The third-order valence-corrected chi connectivity index (χ3v) is 4.58. The highest BCUT2D eigenvalue weighted by Gasteiger charge is 2.09. The molecule has 0 bridgehead atoms. The summed E-state index contributed by atoms with van der Waals surface area (Å²) in [6, 6.07) is 13.5. The highest BCUT2D eigenvalue weighted by atomic mass is 35.5. The van der Waals surface area contributed by atoms with Crippen LogP contribution < -0.4 is 10.1 Å². The Bertz CT molecular complexity index is 807. The topological polar surface area (TPSA) is 33.7 Å². The number of hydrogen-bond acceptors (Lipinski definition) is 4. The van der Waals surface area contributed by atoms with E-state index in [9.17, 15) is 0 Å². The van der Waals surface area contributed by atoms with Gasteiger partial charge in [-0.15, -0.1) is 0 Å². The molecule has 27 heavy (non-hydrogen) atoms. The van der Waals surface area contributed by atoms with Gasteiger partial charge in [-0.25, -0.2) is 0 Å². The van der Waals surface area contributed by atoms with Crippen LogP contribution in [0.5, 0.6) is 11.5 Å². The van der Waals surface area contributed by atoms with E-state index in [0.717, 1.165) is 61.9 Å². The molecule has 0 saturated carbocycles. The van der Waals surface area contributed by atoms with Crippen LogP contribution in [0, 0.1) is 11.8 Å². The summed E-state index contributed by atoms with van der Waals surface area (Å²) in [5, 5.41) is 3.84. The van der Waals surface area contributed by atoms with Crippen molar-refractivity contribution < 1.29 is 9.47 Å². The molecule has 0 aromatic heterocycles. The Labute approximate surface area is 166 Å². The fourth-order valence-corrected chi connectivity index (χ4v) is 3.13. The molecule has 1 saturated heterocycles. The second-order valence-corrected chi connectivity index (χ2v) is 6.85. The van der Waals surface area contributed by atoms with Crippen LogP contribution in [0.4, 0.5) is 0 Å². The fraction of sp³-hybridized carbons (Fsp3) is 0.364. The zero-order valence-electron chi connectivity index (χ0n) is 15.6. The van der Waals surface area contributed by atoms with Crippen LogP contribution in [0.25, 0.3) is 0 Å². The standard InChI is InChI=1S/C22H25ClN2O2/c1-24-17-19-15-18(5-2-3-10-25-11-13-26-14-12-25)8-9-22(19)27-21-7-4-6-20(23)16-21/h4,6-9,15-16,24H,3,10-14,17H2,1H3. The van der Waals surface area contributed by atoms with Gasteiger partial charge in [-0.2, -0.15) is 0 Å². The lowest BCUT2D eigenvalue weighted by molar-refractivity contribution is 0.0390. The van der Waals surface area contributed by atoms with Crippen LogP contribution in [0.2, 0.25) is 5.02 Å². The molecule has 0 unspecified atom stereocenters. The first-order valence-electron chi connectivity index (χ1n) is 9.24. The summed E-state index contributed by atoms with van der Waals surface area (Å²) in [5.41, 5.74) is 2.07. The molecule has 142 valence electrons. The minimum absolute atomic E-state index is 0.658. The van der Waals surface area contributed by atoms with Gasteiger partial charge in [0.15, 0.2) is 0 Å². The molecule has 2 aromatic carbocycles. The molecular weight excluding hydrogens is 360 g/mol. The first-order valence-corrected chi connectivity index (χ1v) is 9.62. The highest BCUT2D eigenvalue weighted by Crippen LogP contribution is 2.28. The van der Waals surface area contributed by atoms with Crippen LogP contribution in [-0.2, 0) is 11.3 Å². The van der Waals surface area contributed by atoms with Crippen molar-refractivity contribution in [3.05, 3.63) is 58.6 Å². The molecule has 0 radical (unpaired) electrons. The van der Waals surface area contributed by atoms with Crippen molar-refractivity contribution in [3.63, 3.8) is 0 Å². The average Bonchev–Trinajstić information content (AvgIpc) is 2.68. The van der Waals surface area contributed by atoms with Crippen LogP contribution >= 0.6 is 11.6 Å². The zero-order valence-corrected chi connectivity index (χ0v) is 16.4. The SMILES string of the molecule is CNCc1cc(C#CCCN2CCOCC2)ccc1Oc1cccc(Cl)c1. The van der Waals surface area contributed by atoms with E-state index < -0.39 is 0 Å². The summed E-state index contributed by atoms with van der Waals surface area (Å²) < 4.78 is 11.4. The Morgan fingerprint density at radius 1 is 1.19 bits per heavy atom. The second-order valence-electron chi connectivity index (χ2n) is 6.42. The Morgan fingerprint density at radius 2 is 2.04 bits per heavy atom. The summed E-state index contributed by atoms with van der Waals surface area (Å²) in [6.07, 6.45) is 0.863. The van der Waals surface area contributed by atoms with Crippen molar-refractivity contribution in [1.29, 1.82) is 0 Å². The molecule has 4 nitrogen and oxygen atoms in total. The minimum Gasteiger partial charge on any atom is -0.457 e.